The molecule has 0 radical (unpaired) electrons. The van der Waals surface area contributed by atoms with Gasteiger partial charge in [-0.05, 0) is 48.1 Å². The molecule has 2 aromatic rings. The smallest absolute Gasteiger partial charge is 0.0965 e. The number of aromatic nitrogens is 3. The molecule has 0 aromatic carbocycles. The van der Waals surface area contributed by atoms with E-state index in [1.807, 2.05) is 10.9 Å². The molecule has 1 N–H and O–H groups in total. The summed E-state index contributed by atoms with van der Waals surface area (Å²) in [6.07, 6.45) is 2.00. The van der Waals surface area contributed by atoms with Gasteiger partial charge >= 0.3 is 0 Å². The Kier molecular flexibility index (Phi) is 4.19. The van der Waals surface area contributed by atoms with E-state index in [2.05, 4.69) is 63.8 Å². The second-order valence-corrected chi connectivity index (χ2v) is 6.98. The third-order valence-electron chi connectivity index (χ3n) is 2.51. The Balaban J connectivity index is 1.88. The lowest BCUT2D eigenvalue weighted by Gasteiger charge is -2.17. The Hall–Kier alpha value is -0.720. The molecule has 0 saturated heterocycles. The van der Waals surface area contributed by atoms with E-state index in [1.54, 1.807) is 11.3 Å². The topological polar surface area (TPSA) is 42.7 Å². The van der Waals surface area contributed by atoms with Crippen molar-refractivity contribution in [1.29, 1.82) is 0 Å². The second-order valence-electron chi connectivity index (χ2n) is 5.12. The molecule has 0 saturated carbocycles. The van der Waals surface area contributed by atoms with E-state index >= 15 is 0 Å². The maximum absolute atomic E-state index is 4.17. The molecular weight excluding hydrogens is 312 g/mol. The summed E-state index contributed by atoms with van der Waals surface area (Å²) in [5, 5.41) is 13.8. The van der Waals surface area contributed by atoms with Crippen molar-refractivity contribution in [2.45, 2.75) is 39.4 Å². The standard InChI is InChI=1S/C12H17BrN4S/c1-12(2,3)17-8-9(15-16-17)6-14-7-11-10(13)4-5-18-11/h4-5,8,14H,6-7H2,1-3H3. The lowest BCUT2D eigenvalue weighted by molar-refractivity contribution is 0.347. The van der Waals surface area contributed by atoms with Gasteiger partial charge in [0.05, 0.1) is 17.4 Å². The molecule has 0 fully saturated rings. The fourth-order valence-electron chi connectivity index (χ4n) is 1.46. The summed E-state index contributed by atoms with van der Waals surface area (Å²) in [6, 6.07) is 2.07. The predicted octanol–water partition coefficient (Wildman–Crippen LogP) is 3.15. The highest BCUT2D eigenvalue weighted by atomic mass is 79.9. The van der Waals surface area contributed by atoms with E-state index in [0.29, 0.717) is 0 Å². The van der Waals surface area contributed by atoms with Crippen LogP contribution in [0.3, 0.4) is 0 Å². The molecule has 6 heteroatoms. The van der Waals surface area contributed by atoms with E-state index in [4.69, 9.17) is 0 Å². The molecule has 0 atom stereocenters. The van der Waals surface area contributed by atoms with Crippen LogP contribution >= 0.6 is 27.3 Å². The van der Waals surface area contributed by atoms with Crippen molar-refractivity contribution < 1.29 is 0 Å². The Labute approximate surface area is 120 Å². The minimum Gasteiger partial charge on any atom is -0.306 e. The molecule has 0 aliphatic carbocycles. The van der Waals surface area contributed by atoms with Crippen LogP contribution in [0.2, 0.25) is 0 Å². The third-order valence-corrected chi connectivity index (χ3v) is 4.44. The minimum absolute atomic E-state index is 0.0119. The van der Waals surface area contributed by atoms with Crippen molar-refractivity contribution >= 4 is 27.3 Å². The maximum Gasteiger partial charge on any atom is 0.0965 e. The molecule has 2 aromatic heterocycles. The zero-order valence-electron chi connectivity index (χ0n) is 10.8. The highest BCUT2D eigenvalue weighted by molar-refractivity contribution is 9.10. The van der Waals surface area contributed by atoms with Gasteiger partial charge in [-0.3, -0.25) is 0 Å². The van der Waals surface area contributed by atoms with Crippen molar-refractivity contribution in [2.75, 3.05) is 0 Å². The van der Waals surface area contributed by atoms with Gasteiger partial charge in [-0.25, -0.2) is 4.68 Å². The first-order valence-corrected chi connectivity index (χ1v) is 7.48. The van der Waals surface area contributed by atoms with Crippen LogP contribution in [0.25, 0.3) is 0 Å². The summed E-state index contributed by atoms with van der Waals surface area (Å²) >= 11 is 5.26. The Morgan fingerprint density at radius 3 is 2.72 bits per heavy atom. The summed E-state index contributed by atoms with van der Waals surface area (Å²) in [6.45, 7) is 7.92. The molecular formula is C12H17BrN4S. The monoisotopic (exact) mass is 328 g/mol. The van der Waals surface area contributed by atoms with Crippen LogP contribution in [-0.2, 0) is 18.6 Å². The van der Waals surface area contributed by atoms with E-state index < -0.39 is 0 Å². The average molecular weight is 329 g/mol. The van der Waals surface area contributed by atoms with Crippen LogP contribution in [0, 0.1) is 0 Å². The molecule has 0 aliphatic rings. The van der Waals surface area contributed by atoms with Gasteiger partial charge in [-0.15, -0.1) is 16.4 Å². The van der Waals surface area contributed by atoms with Gasteiger partial charge in [0.25, 0.3) is 0 Å². The van der Waals surface area contributed by atoms with Crippen molar-refractivity contribution in [3.05, 3.63) is 32.7 Å². The molecule has 0 bridgehead atoms. The molecule has 2 heterocycles. The highest BCUT2D eigenvalue weighted by Crippen LogP contribution is 2.22. The molecule has 0 unspecified atom stereocenters. The molecule has 18 heavy (non-hydrogen) atoms. The van der Waals surface area contributed by atoms with Crippen molar-refractivity contribution in [1.82, 2.24) is 20.3 Å². The number of hydrogen-bond donors (Lipinski definition) is 1. The quantitative estimate of drug-likeness (QED) is 0.937. The maximum atomic E-state index is 4.17. The molecule has 98 valence electrons. The first kappa shape index (κ1) is 13.7. The number of rotatable bonds is 4. The molecule has 0 spiro atoms. The van der Waals surface area contributed by atoms with Crippen LogP contribution in [0.15, 0.2) is 22.1 Å². The van der Waals surface area contributed by atoms with Gasteiger partial charge in [0, 0.05) is 22.4 Å². The highest BCUT2D eigenvalue weighted by Gasteiger charge is 2.14. The van der Waals surface area contributed by atoms with Crippen molar-refractivity contribution in [3.63, 3.8) is 0 Å². The fourth-order valence-corrected chi connectivity index (χ4v) is 2.92. The SMILES string of the molecule is CC(C)(C)n1cc(CNCc2sccc2Br)nn1. The van der Waals surface area contributed by atoms with Gasteiger partial charge < -0.3 is 5.32 Å². The number of halogens is 1. The molecule has 0 amide bonds. The Morgan fingerprint density at radius 2 is 2.17 bits per heavy atom. The van der Waals surface area contributed by atoms with Crippen LogP contribution < -0.4 is 5.32 Å². The van der Waals surface area contributed by atoms with Gasteiger partial charge in [-0.2, -0.15) is 0 Å². The van der Waals surface area contributed by atoms with Crippen molar-refractivity contribution in [2.24, 2.45) is 0 Å². The van der Waals surface area contributed by atoms with E-state index in [1.165, 1.54) is 9.35 Å². The van der Waals surface area contributed by atoms with Gasteiger partial charge in [-0.1, -0.05) is 5.21 Å². The average Bonchev–Trinajstić information content (AvgIpc) is 2.88. The number of nitrogens with one attached hydrogen (secondary N) is 1. The number of nitrogens with zero attached hydrogens (tertiary/aromatic N) is 3. The van der Waals surface area contributed by atoms with E-state index in [0.717, 1.165) is 18.8 Å². The molecule has 4 nitrogen and oxygen atoms in total. The van der Waals surface area contributed by atoms with Gasteiger partial charge in [0.2, 0.25) is 0 Å². The summed E-state index contributed by atoms with van der Waals surface area (Å²) < 4.78 is 3.06. The minimum atomic E-state index is -0.0119. The first-order valence-electron chi connectivity index (χ1n) is 5.81. The lowest BCUT2D eigenvalue weighted by atomic mass is 10.1. The van der Waals surface area contributed by atoms with Crippen LogP contribution in [0.5, 0.6) is 0 Å². The van der Waals surface area contributed by atoms with Crippen LogP contribution in [0.4, 0.5) is 0 Å². The number of hydrogen-bond acceptors (Lipinski definition) is 4. The predicted molar refractivity (Wildman–Crippen MR) is 77.6 cm³/mol. The zero-order chi connectivity index (χ0) is 13.2. The molecule has 2 rings (SSSR count). The summed E-state index contributed by atoms with van der Waals surface area (Å²) in [5.41, 5.74) is 0.958. The van der Waals surface area contributed by atoms with Crippen molar-refractivity contribution in [3.8, 4) is 0 Å². The van der Waals surface area contributed by atoms with E-state index in [9.17, 15) is 0 Å². The van der Waals surface area contributed by atoms with Crippen LogP contribution in [0.1, 0.15) is 31.3 Å². The van der Waals surface area contributed by atoms with E-state index in [-0.39, 0.29) is 5.54 Å². The molecule has 0 aliphatic heterocycles. The largest absolute Gasteiger partial charge is 0.306 e. The Morgan fingerprint density at radius 1 is 1.39 bits per heavy atom. The van der Waals surface area contributed by atoms with Gasteiger partial charge in [0.1, 0.15) is 0 Å². The zero-order valence-corrected chi connectivity index (χ0v) is 13.2. The third kappa shape index (κ3) is 3.40. The summed E-state index contributed by atoms with van der Waals surface area (Å²) in [7, 11) is 0. The summed E-state index contributed by atoms with van der Waals surface area (Å²) in [4.78, 5) is 1.30. The van der Waals surface area contributed by atoms with Gasteiger partial charge in [0.15, 0.2) is 0 Å². The fraction of sp³-hybridized carbons (Fsp3) is 0.500. The lowest BCUT2D eigenvalue weighted by Crippen LogP contribution is -2.22. The normalized spacial score (nSPS) is 12.0. The first-order chi connectivity index (χ1) is 8.47. The second kappa shape index (κ2) is 5.50. The Bertz CT molecular complexity index is 512. The van der Waals surface area contributed by atoms with Crippen LogP contribution in [-0.4, -0.2) is 15.0 Å². The summed E-state index contributed by atoms with van der Waals surface area (Å²) in [5.74, 6) is 0. The number of thiophene rings is 1.